The number of oxazole rings is 1. The highest BCUT2D eigenvalue weighted by molar-refractivity contribution is 5.23. The minimum atomic E-state index is -0.189. The Bertz CT molecular complexity index is 511. The molecule has 4 heteroatoms. The largest absolute Gasteiger partial charge is 0.443 e. The average Bonchev–Trinajstić information content (AvgIpc) is 2.98. The van der Waals surface area contributed by atoms with Gasteiger partial charge in [0.15, 0.2) is 11.7 Å². The maximum atomic E-state index is 5.83. The van der Waals surface area contributed by atoms with Gasteiger partial charge in [-0.05, 0) is 31.5 Å². The minimum absolute atomic E-state index is 0.189. The highest BCUT2D eigenvalue weighted by Crippen LogP contribution is 2.25. The third-order valence-corrected chi connectivity index (χ3v) is 3.34. The van der Waals surface area contributed by atoms with Gasteiger partial charge in [0.1, 0.15) is 6.10 Å². The molecule has 0 bridgehead atoms. The molecular weight excluding hydrogens is 264 g/mol. The van der Waals surface area contributed by atoms with E-state index in [-0.39, 0.29) is 6.10 Å². The van der Waals surface area contributed by atoms with Gasteiger partial charge in [-0.15, -0.1) is 0 Å². The summed E-state index contributed by atoms with van der Waals surface area (Å²) < 4.78 is 11.4. The van der Waals surface area contributed by atoms with Crippen LogP contribution in [0.3, 0.4) is 0 Å². The lowest BCUT2D eigenvalue weighted by Gasteiger charge is -2.12. The maximum Gasteiger partial charge on any atom is 0.194 e. The number of aromatic nitrogens is 1. The van der Waals surface area contributed by atoms with Crippen molar-refractivity contribution in [2.45, 2.75) is 32.3 Å². The third kappa shape index (κ3) is 4.69. The molecule has 114 valence electrons. The number of nitrogens with one attached hydrogen (secondary N) is 1. The Kier molecular flexibility index (Phi) is 6.44. The summed E-state index contributed by atoms with van der Waals surface area (Å²) in [6.45, 7) is 4.23. The quantitative estimate of drug-likeness (QED) is 0.719. The summed E-state index contributed by atoms with van der Waals surface area (Å²) in [5.41, 5.74) is 1.08. The fourth-order valence-corrected chi connectivity index (χ4v) is 2.27. The van der Waals surface area contributed by atoms with E-state index in [0.29, 0.717) is 0 Å². The van der Waals surface area contributed by atoms with Crippen LogP contribution < -0.4 is 5.32 Å². The van der Waals surface area contributed by atoms with Crippen molar-refractivity contribution in [1.82, 2.24) is 10.3 Å². The Morgan fingerprint density at radius 3 is 2.76 bits per heavy atom. The minimum Gasteiger partial charge on any atom is -0.443 e. The summed E-state index contributed by atoms with van der Waals surface area (Å²) in [5.74, 6) is 1.54. The molecule has 0 radical (unpaired) electrons. The van der Waals surface area contributed by atoms with Crippen LogP contribution in [-0.2, 0) is 11.2 Å². The molecule has 0 saturated heterocycles. The van der Waals surface area contributed by atoms with Crippen molar-refractivity contribution < 1.29 is 9.15 Å². The van der Waals surface area contributed by atoms with Crippen molar-refractivity contribution >= 4 is 0 Å². The molecule has 0 amide bonds. The number of ether oxygens (including phenoxy) is 1. The summed E-state index contributed by atoms with van der Waals surface area (Å²) in [4.78, 5) is 4.35. The second-order valence-electron chi connectivity index (χ2n) is 5.04. The molecule has 0 saturated carbocycles. The summed E-state index contributed by atoms with van der Waals surface area (Å²) in [5, 5.41) is 3.38. The van der Waals surface area contributed by atoms with Crippen LogP contribution in [0.15, 0.2) is 40.9 Å². The average molecular weight is 288 g/mol. The van der Waals surface area contributed by atoms with E-state index in [1.54, 1.807) is 13.3 Å². The van der Waals surface area contributed by atoms with Crippen LogP contribution in [-0.4, -0.2) is 25.2 Å². The van der Waals surface area contributed by atoms with Crippen LogP contribution in [0.25, 0.3) is 0 Å². The number of aryl methyl sites for hydroxylation is 1. The third-order valence-electron chi connectivity index (χ3n) is 3.34. The Morgan fingerprint density at radius 2 is 2.05 bits per heavy atom. The second kappa shape index (κ2) is 8.60. The molecule has 1 unspecified atom stereocenters. The molecule has 1 N–H and O–H groups in total. The van der Waals surface area contributed by atoms with Gasteiger partial charge in [-0.1, -0.05) is 37.3 Å². The van der Waals surface area contributed by atoms with Crippen molar-refractivity contribution in [1.29, 1.82) is 0 Å². The fourth-order valence-electron chi connectivity index (χ4n) is 2.27. The highest BCUT2D eigenvalue weighted by atomic mass is 16.5. The SMILES string of the molecule is CCCNCCCc1ncc(C(OC)c2ccccc2)o1. The molecule has 0 aliphatic heterocycles. The zero-order valence-electron chi connectivity index (χ0n) is 12.8. The molecule has 0 aliphatic rings. The summed E-state index contributed by atoms with van der Waals surface area (Å²) in [6.07, 6.45) is 4.63. The van der Waals surface area contributed by atoms with E-state index in [1.165, 1.54) is 0 Å². The van der Waals surface area contributed by atoms with Crippen LogP contribution >= 0.6 is 0 Å². The Morgan fingerprint density at radius 1 is 1.24 bits per heavy atom. The Balaban J connectivity index is 1.92. The van der Waals surface area contributed by atoms with Crippen molar-refractivity contribution in [3.05, 3.63) is 53.7 Å². The lowest BCUT2D eigenvalue weighted by molar-refractivity contribution is 0.115. The molecule has 1 aromatic carbocycles. The number of hydrogen-bond donors (Lipinski definition) is 1. The van der Waals surface area contributed by atoms with Crippen LogP contribution in [0.2, 0.25) is 0 Å². The lowest BCUT2D eigenvalue weighted by Crippen LogP contribution is -2.16. The molecule has 2 aromatic rings. The Hall–Kier alpha value is -1.65. The van der Waals surface area contributed by atoms with Gasteiger partial charge in [-0.25, -0.2) is 4.98 Å². The van der Waals surface area contributed by atoms with Crippen LogP contribution in [0.1, 0.15) is 43.1 Å². The van der Waals surface area contributed by atoms with Crippen molar-refractivity contribution in [2.75, 3.05) is 20.2 Å². The zero-order valence-corrected chi connectivity index (χ0v) is 12.8. The van der Waals surface area contributed by atoms with Gasteiger partial charge in [0.2, 0.25) is 0 Å². The van der Waals surface area contributed by atoms with Crippen LogP contribution in [0, 0.1) is 0 Å². The number of benzene rings is 1. The van der Waals surface area contributed by atoms with Crippen molar-refractivity contribution in [3.8, 4) is 0 Å². The maximum absolute atomic E-state index is 5.83. The first-order valence-corrected chi connectivity index (χ1v) is 7.58. The van der Waals surface area contributed by atoms with Gasteiger partial charge >= 0.3 is 0 Å². The topological polar surface area (TPSA) is 47.3 Å². The van der Waals surface area contributed by atoms with Gasteiger partial charge in [0.25, 0.3) is 0 Å². The number of methoxy groups -OCH3 is 1. The molecule has 1 atom stereocenters. The van der Waals surface area contributed by atoms with E-state index < -0.39 is 0 Å². The lowest BCUT2D eigenvalue weighted by atomic mass is 10.1. The molecule has 1 aromatic heterocycles. The summed E-state index contributed by atoms with van der Waals surface area (Å²) in [6, 6.07) is 10.1. The van der Waals surface area contributed by atoms with Gasteiger partial charge in [-0.3, -0.25) is 0 Å². The van der Waals surface area contributed by atoms with Crippen molar-refractivity contribution in [2.24, 2.45) is 0 Å². The van der Waals surface area contributed by atoms with Gasteiger partial charge in [0, 0.05) is 13.5 Å². The molecule has 21 heavy (non-hydrogen) atoms. The molecule has 0 spiro atoms. The molecule has 1 heterocycles. The van der Waals surface area contributed by atoms with Crippen molar-refractivity contribution in [3.63, 3.8) is 0 Å². The smallest absolute Gasteiger partial charge is 0.194 e. The summed E-state index contributed by atoms with van der Waals surface area (Å²) in [7, 11) is 1.69. The first-order chi connectivity index (χ1) is 10.3. The first-order valence-electron chi connectivity index (χ1n) is 7.58. The van der Waals surface area contributed by atoms with Gasteiger partial charge in [-0.2, -0.15) is 0 Å². The Labute approximate surface area is 126 Å². The van der Waals surface area contributed by atoms with E-state index in [0.717, 1.165) is 49.6 Å². The molecule has 2 rings (SSSR count). The fraction of sp³-hybridized carbons (Fsp3) is 0.471. The number of hydrogen-bond acceptors (Lipinski definition) is 4. The van der Waals surface area contributed by atoms with E-state index in [2.05, 4.69) is 17.2 Å². The zero-order chi connectivity index (χ0) is 14.9. The van der Waals surface area contributed by atoms with Gasteiger partial charge < -0.3 is 14.5 Å². The summed E-state index contributed by atoms with van der Waals surface area (Å²) >= 11 is 0. The molecule has 4 nitrogen and oxygen atoms in total. The van der Waals surface area contributed by atoms with E-state index in [1.807, 2.05) is 30.3 Å². The first kappa shape index (κ1) is 15.7. The normalized spacial score (nSPS) is 12.5. The monoisotopic (exact) mass is 288 g/mol. The van der Waals surface area contributed by atoms with Gasteiger partial charge in [0.05, 0.1) is 6.20 Å². The molecule has 0 fully saturated rings. The predicted molar refractivity (Wildman–Crippen MR) is 83.3 cm³/mol. The molecular formula is C17H24N2O2. The highest BCUT2D eigenvalue weighted by Gasteiger charge is 2.17. The number of nitrogens with zero attached hydrogens (tertiary/aromatic N) is 1. The molecule has 0 aliphatic carbocycles. The van der Waals surface area contributed by atoms with Crippen LogP contribution in [0.5, 0.6) is 0 Å². The van der Waals surface area contributed by atoms with E-state index >= 15 is 0 Å². The van der Waals surface area contributed by atoms with E-state index in [4.69, 9.17) is 9.15 Å². The van der Waals surface area contributed by atoms with Crippen LogP contribution in [0.4, 0.5) is 0 Å². The number of rotatable bonds is 9. The second-order valence-corrected chi connectivity index (χ2v) is 5.04. The predicted octanol–water partition coefficient (Wildman–Crippen LogP) is 3.34. The van der Waals surface area contributed by atoms with E-state index in [9.17, 15) is 0 Å². The standard InChI is InChI=1S/C17H24N2O2/c1-3-11-18-12-7-10-16-19-13-15(21-16)17(20-2)14-8-5-4-6-9-14/h4-6,8-9,13,17-18H,3,7,10-12H2,1-2H3.